The molecule has 1 amide bonds. The number of piperidine rings is 1. The van der Waals surface area contributed by atoms with Crippen LogP contribution in [0.5, 0.6) is 5.75 Å². The Hall–Kier alpha value is -3.19. The number of methoxy groups -OCH3 is 1. The summed E-state index contributed by atoms with van der Waals surface area (Å²) in [6.07, 6.45) is 2.04. The molecule has 0 bridgehead atoms. The Labute approximate surface area is 207 Å². The Bertz CT molecular complexity index is 1110. The molecule has 1 fully saturated rings. The zero-order valence-electron chi connectivity index (χ0n) is 21.1. The van der Waals surface area contributed by atoms with E-state index in [9.17, 15) is 9.59 Å². The number of carbonyl (C=O) groups is 2. The highest BCUT2D eigenvalue weighted by molar-refractivity contribution is 6.03. The van der Waals surface area contributed by atoms with Crippen LogP contribution < -0.4 is 4.74 Å². The number of hydrogen-bond acceptors (Lipinski definition) is 6. The molecule has 0 aromatic heterocycles. The molecule has 0 N–H and O–H groups in total. The average Bonchev–Trinajstić information content (AvgIpc) is 3.32. The van der Waals surface area contributed by atoms with Crippen molar-refractivity contribution in [2.45, 2.75) is 46.1 Å². The van der Waals surface area contributed by atoms with Crippen molar-refractivity contribution in [1.82, 2.24) is 9.91 Å². The summed E-state index contributed by atoms with van der Waals surface area (Å²) in [6, 6.07) is 13.9. The normalized spacial score (nSPS) is 18.9. The van der Waals surface area contributed by atoms with E-state index < -0.39 is 0 Å². The molecule has 7 nitrogen and oxygen atoms in total. The Morgan fingerprint density at radius 3 is 2.49 bits per heavy atom. The summed E-state index contributed by atoms with van der Waals surface area (Å²) in [5.74, 6) is 0.497. The lowest BCUT2D eigenvalue weighted by Crippen LogP contribution is -2.43. The lowest BCUT2D eigenvalue weighted by molar-refractivity contribution is -0.149. The smallest absolute Gasteiger partial charge is 0.309 e. The van der Waals surface area contributed by atoms with Crippen molar-refractivity contribution >= 4 is 17.6 Å². The predicted octanol–water partition coefficient (Wildman–Crippen LogP) is 4.26. The molecule has 7 heteroatoms. The second-order valence-corrected chi connectivity index (χ2v) is 9.35. The predicted molar refractivity (Wildman–Crippen MR) is 135 cm³/mol. The van der Waals surface area contributed by atoms with Crippen LogP contribution in [0, 0.1) is 19.8 Å². The van der Waals surface area contributed by atoms with Crippen LogP contribution >= 0.6 is 0 Å². The van der Waals surface area contributed by atoms with E-state index in [2.05, 4.69) is 36.9 Å². The highest BCUT2D eigenvalue weighted by Gasteiger charge is 2.36. The minimum atomic E-state index is -0.229. The number of ether oxygens (including phenoxy) is 2. The molecule has 2 aliphatic rings. The van der Waals surface area contributed by atoms with Crippen LogP contribution in [-0.4, -0.2) is 60.8 Å². The van der Waals surface area contributed by atoms with E-state index in [1.54, 1.807) is 12.1 Å². The maximum atomic E-state index is 13.6. The SMILES string of the molecule is CCOC(=O)C1CCN(CC(=O)N2N=C(c3ccc(C)c(C)c3)C[C@H]2c2ccccc2OC)CC1. The van der Waals surface area contributed by atoms with Crippen LogP contribution in [0.4, 0.5) is 0 Å². The van der Waals surface area contributed by atoms with Gasteiger partial charge in [-0.1, -0.05) is 30.3 Å². The third-order valence-electron chi connectivity index (χ3n) is 7.07. The lowest BCUT2D eigenvalue weighted by Gasteiger charge is -2.32. The first-order valence-corrected chi connectivity index (χ1v) is 12.4. The van der Waals surface area contributed by atoms with E-state index >= 15 is 0 Å². The Balaban J connectivity index is 1.54. The topological polar surface area (TPSA) is 71.4 Å². The number of hydrogen-bond donors (Lipinski definition) is 0. The van der Waals surface area contributed by atoms with Crippen LogP contribution in [-0.2, 0) is 14.3 Å². The van der Waals surface area contributed by atoms with Gasteiger partial charge in [0.25, 0.3) is 5.91 Å². The van der Waals surface area contributed by atoms with Gasteiger partial charge < -0.3 is 9.47 Å². The van der Waals surface area contributed by atoms with Crippen LogP contribution in [0.1, 0.15) is 54.5 Å². The van der Waals surface area contributed by atoms with Gasteiger partial charge in [-0.2, -0.15) is 5.10 Å². The van der Waals surface area contributed by atoms with Crippen molar-refractivity contribution in [3.05, 3.63) is 64.7 Å². The third kappa shape index (κ3) is 5.56. The van der Waals surface area contributed by atoms with Crippen molar-refractivity contribution in [3.63, 3.8) is 0 Å². The van der Waals surface area contributed by atoms with Gasteiger partial charge in [-0.05, 0) is 75.5 Å². The first-order chi connectivity index (χ1) is 16.9. The van der Waals surface area contributed by atoms with Crippen molar-refractivity contribution in [2.24, 2.45) is 11.0 Å². The van der Waals surface area contributed by atoms with Gasteiger partial charge in [0.2, 0.25) is 0 Å². The van der Waals surface area contributed by atoms with Gasteiger partial charge in [0.15, 0.2) is 0 Å². The van der Waals surface area contributed by atoms with E-state index in [-0.39, 0.29) is 30.4 Å². The van der Waals surface area contributed by atoms with Crippen LogP contribution in [0.15, 0.2) is 47.6 Å². The van der Waals surface area contributed by atoms with Crippen LogP contribution in [0.2, 0.25) is 0 Å². The maximum Gasteiger partial charge on any atom is 0.309 e. The number of aryl methyl sites for hydroxylation is 2. The highest BCUT2D eigenvalue weighted by atomic mass is 16.5. The van der Waals surface area contributed by atoms with Gasteiger partial charge in [0.05, 0.1) is 37.9 Å². The fraction of sp³-hybridized carbons (Fsp3) is 0.464. The molecule has 2 aromatic carbocycles. The molecule has 186 valence electrons. The van der Waals surface area contributed by atoms with Crippen LogP contribution in [0.25, 0.3) is 0 Å². The van der Waals surface area contributed by atoms with Gasteiger partial charge >= 0.3 is 5.97 Å². The molecule has 2 heterocycles. The third-order valence-corrected chi connectivity index (χ3v) is 7.07. The fourth-order valence-electron chi connectivity index (χ4n) is 4.87. The molecular formula is C28H35N3O4. The van der Waals surface area contributed by atoms with E-state index in [4.69, 9.17) is 14.6 Å². The molecule has 0 spiro atoms. The number of likely N-dealkylation sites (tertiary alicyclic amines) is 1. The molecule has 0 unspecified atom stereocenters. The van der Waals surface area contributed by atoms with Crippen molar-refractivity contribution in [1.29, 1.82) is 0 Å². The summed E-state index contributed by atoms with van der Waals surface area (Å²) in [5, 5.41) is 6.48. The molecule has 1 atom stereocenters. The quantitative estimate of drug-likeness (QED) is 0.557. The molecule has 0 aliphatic carbocycles. The number of para-hydroxylation sites is 1. The zero-order chi connectivity index (χ0) is 24.9. The molecule has 2 aliphatic heterocycles. The van der Waals surface area contributed by atoms with E-state index in [0.29, 0.717) is 39.0 Å². The van der Waals surface area contributed by atoms with Crippen molar-refractivity contribution in [2.75, 3.05) is 33.4 Å². The zero-order valence-corrected chi connectivity index (χ0v) is 21.1. The van der Waals surface area contributed by atoms with Crippen molar-refractivity contribution in [3.8, 4) is 5.75 Å². The second kappa shape index (κ2) is 11.0. The summed E-state index contributed by atoms with van der Waals surface area (Å²) in [4.78, 5) is 27.7. The average molecular weight is 478 g/mol. The summed E-state index contributed by atoms with van der Waals surface area (Å²) in [5.41, 5.74) is 5.32. The Kier molecular flexibility index (Phi) is 7.86. The van der Waals surface area contributed by atoms with E-state index in [1.165, 1.54) is 11.1 Å². The maximum absolute atomic E-state index is 13.6. The molecule has 1 saturated heterocycles. The van der Waals surface area contributed by atoms with E-state index in [0.717, 1.165) is 22.6 Å². The van der Waals surface area contributed by atoms with Gasteiger partial charge in [-0.3, -0.25) is 14.5 Å². The van der Waals surface area contributed by atoms with E-state index in [1.807, 2.05) is 31.2 Å². The molecule has 35 heavy (non-hydrogen) atoms. The van der Waals surface area contributed by atoms with Crippen molar-refractivity contribution < 1.29 is 19.1 Å². The number of nitrogens with zero attached hydrogens (tertiary/aromatic N) is 3. The summed E-state index contributed by atoms with van der Waals surface area (Å²) in [6.45, 7) is 8.06. The fourth-order valence-corrected chi connectivity index (χ4v) is 4.87. The number of carbonyl (C=O) groups excluding carboxylic acids is 2. The van der Waals surface area contributed by atoms with Crippen LogP contribution in [0.3, 0.4) is 0 Å². The van der Waals surface area contributed by atoms with Gasteiger partial charge in [0, 0.05) is 12.0 Å². The minimum absolute atomic E-state index is 0.0469. The molecule has 0 saturated carbocycles. The largest absolute Gasteiger partial charge is 0.496 e. The first-order valence-electron chi connectivity index (χ1n) is 12.4. The summed E-state index contributed by atoms with van der Waals surface area (Å²) >= 11 is 0. The number of amides is 1. The summed E-state index contributed by atoms with van der Waals surface area (Å²) < 4.78 is 10.8. The second-order valence-electron chi connectivity index (χ2n) is 9.35. The Morgan fingerprint density at radius 2 is 1.80 bits per heavy atom. The number of hydrazone groups is 1. The monoisotopic (exact) mass is 477 g/mol. The standard InChI is InChI=1S/C28H35N3O4/c1-5-35-28(33)21-12-14-30(15-13-21)18-27(32)31-25(23-8-6-7-9-26(23)34-4)17-24(29-31)22-11-10-19(2)20(3)16-22/h6-11,16,21,25H,5,12-15,17-18H2,1-4H3/t25-/m0/s1. The number of rotatable bonds is 7. The van der Waals surface area contributed by atoms with Gasteiger partial charge in [-0.25, -0.2) is 5.01 Å². The first kappa shape index (κ1) is 24.9. The highest BCUT2D eigenvalue weighted by Crippen LogP contribution is 2.37. The number of benzene rings is 2. The molecule has 2 aromatic rings. The molecule has 0 radical (unpaired) electrons. The lowest BCUT2D eigenvalue weighted by atomic mass is 9.95. The molecule has 4 rings (SSSR count). The van der Waals surface area contributed by atoms with Gasteiger partial charge in [0.1, 0.15) is 5.75 Å². The number of esters is 1. The molecular weight excluding hydrogens is 442 g/mol. The minimum Gasteiger partial charge on any atom is -0.496 e. The van der Waals surface area contributed by atoms with Gasteiger partial charge in [-0.15, -0.1) is 0 Å². The Morgan fingerprint density at radius 1 is 1.06 bits per heavy atom. The summed E-state index contributed by atoms with van der Waals surface area (Å²) in [7, 11) is 1.65.